The minimum atomic E-state index is -0.0125. The summed E-state index contributed by atoms with van der Waals surface area (Å²) in [6.45, 7) is 5.08. The van der Waals surface area contributed by atoms with Crippen LogP contribution in [-0.4, -0.2) is 62.9 Å². The highest BCUT2D eigenvalue weighted by atomic mass is 16.5. The van der Waals surface area contributed by atoms with Gasteiger partial charge in [0, 0.05) is 46.7 Å². The van der Waals surface area contributed by atoms with Crippen LogP contribution in [0.3, 0.4) is 0 Å². The lowest BCUT2D eigenvalue weighted by Gasteiger charge is -2.23. The van der Waals surface area contributed by atoms with Crippen molar-refractivity contribution in [3.63, 3.8) is 0 Å². The number of carbonyl (C=O) groups is 1. The van der Waals surface area contributed by atoms with Crippen LogP contribution in [0, 0.1) is 0 Å². The molecule has 0 aliphatic rings. The van der Waals surface area contributed by atoms with Crippen molar-refractivity contribution < 1.29 is 14.3 Å². The molecule has 0 bridgehead atoms. The van der Waals surface area contributed by atoms with E-state index in [0.717, 1.165) is 18.7 Å². The van der Waals surface area contributed by atoms with E-state index < -0.39 is 0 Å². The predicted molar refractivity (Wildman–Crippen MR) is 82.7 cm³/mol. The third-order valence-electron chi connectivity index (χ3n) is 3.05. The summed E-state index contributed by atoms with van der Waals surface area (Å²) < 4.78 is 10.1. The van der Waals surface area contributed by atoms with Gasteiger partial charge in [-0.05, 0) is 19.4 Å². The van der Waals surface area contributed by atoms with Gasteiger partial charge in [0.2, 0.25) is 0 Å². The monoisotopic (exact) mass is 295 g/mol. The molecular formula is C15H25N3O3. The fourth-order valence-electron chi connectivity index (χ4n) is 2.00. The second-order valence-electron chi connectivity index (χ2n) is 4.58. The Hall–Kier alpha value is -1.66. The molecule has 1 N–H and O–H groups in total. The highest BCUT2D eigenvalue weighted by Gasteiger charge is 2.18. The highest BCUT2D eigenvalue weighted by molar-refractivity contribution is 5.99. The molecule has 0 unspecified atom stereocenters. The lowest BCUT2D eigenvalue weighted by atomic mass is 10.2. The fourth-order valence-corrected chi connectivity index (χ4v) is 2.00. The van der Waals surface area contributed by atoms with Gasteiger partial charge in [0.15, 0.2) is 0 Å². The van der Waals surface area contributed by atoms with Gasteiger partial charge in [-0.1, -0.05) is 0 Å². The lowest BCUT2D eigenvalue weighted by Crippen LogP contribution is -2.35. The van der Waals surface area contributed by atoms with Gasteiger partial charge in [-0.2, -0.15) is 0 Å². The summed E-state index contributed by atoms with van der Waals surface area (Å²) in [4.78, 5) is 18.6. The number of hydrogen-bond acceptors (Lipinski definition) is 5. The molecule has 0 saturated carbocycles. The zero-order chi connectivity index (χ0) is 15.5. The molecule has 0 spiro atoms. The number of amides is 1. The smallest absolute Gasteiger partial charge is 0.256 e. The first-order valence-electron chi connectivity index (χ1n) is 7.19. The number of rotatable bonds is 10. The van der Waals surface area contributed by atoms with Gasteiger partial charge in [-0.3, -0.25) is 9.78 Å². The first kappa shape index (κ1) is 17.4. The number of carbonyl (C=O) groups excluding carboxylic acids is 1. The molecule has 0 aromatic carbocycles. The molecule has 1 aromatic heterocycles. The molecule has 1 aromatic rings. The Bertz CT molecular complexity index is 426. The van der Waals surface area contributed by atoms with Crippen molar-refractivity contribution in [1.29, 1.82) is 0 Å². The van der Waals surface area contributed by atoms with Gasteiger partial charge in [0.25, 0.3) is 5.91 Å². The quantitative estimate of drug-likeness (QED) is 0.665. The Balaban J connectivity index is 2.82. The molecule has 118 valence electrons. The van der Waals surface area contributed by atoms with Crippen molar-refractivity contribution in [1.82, 2.24) is 9.88 Å². The summed E-state index contributed by atoms with van der Waals surface area (Å²) >= 11 is 0. The van der Waals surface area contributed by atoms with E-state index in [1.54, 1.807) is 37.6 Å². The first-order chi connectivity index (χ1) is 10.2. The number of anilines is 1. The largest absolute Gasteiger partial charge is 0.385 e. The zero-order valence-electron chi connectivity index (χ0n) is 13.1. The van der Waals surface area contributed by atoms with Crippen LogP contribution in [0.15, 0.2) is 18.5 Å². The second-order valence-corrected chi connectivity index (χ2v) is 4.58. The molecule has 1 rings (SSSR count). The number of hydrogen-bond donors (Lipinski definition) is 1. The summed E-state index contributed by atoms with van der Waals surface area (Å²) in [6.07, 6.45) is 4.12. The van der Waals surface area contributed by atoms with Crippen molar-refractivity contribution in [2.24, 2.45) is 0 Å². The fraction of sp³-hybridized carbons (Fsp3) is 0.600. The molecular weight excluding hydrogens is 270 g/mol. The van der Waals surface area contributed by atoms with Crippen molar-refractivity contribution in [3.8, 4) is 0 Å². The maximum atomic E-state index is 12.7. The number of nitrogens with one attached hydrogen (secondary N) is 1. The van der Waals surface area contributed by atoms with E-state index in [0.29, 0.717) is 31.9 Å². The molecule has 0 fully saturated rings. The summed E-state index contributed by atoms with van der Waals surface area (Å²) in [5.74, 6) is -0.0125. The average molecular weight is 295 g/mol. The van der Waals surface area contributed by atoms with E-state index in [2.05, 4.69) is 10.3 Å². The molecule has 21 heavy (non-hydrogen) atoms. The minimum Gasteiger partial charge on any atom is -0.385 e. The van der Waals surface area contributed by atoms with Crippen LogP contribution in [-0.2, 0) is 9.47 Å². The number of aromatic nitrogens is 1. The molecule has 0 radical (unpaired) electrons. The van der Waals surface area contributed by atoms with E-state index in [9.17, 15) is 4.79 Å². The Morgan fingerprint density at radius 1 is 1.29 bits per heavy atom. The van der Waals surface area contributed by atoms with Crippen LogP contribution in [0.4, 0.5) is 5.69 Å². The third kappa shape index (κ3) is 5.69. The highest BCUT2D eigenvalue weighted by Crippen LogP contribution is 2.16. The van der Waals surface area contributed by atoms with E-state index >= 15 is 0 Å². The predicted octanol–water partition coefficient (Wildman–Crippen LogP) is 1.64. The maximum Gasteiger partial charge on any atom is 0.256 e. The van der Waals surface area contributed by atoms with Gasteiger partial charge in [-0.15, -0.1) is 0 Å². The summed E-state index contributed by atoms with van der Waals surface area (Å²) in [7, 11) is 3.29. The van der Waals surface area contributed by atoms with Gasteiger partial charge in [0.05, 0.1) is 24.1 Å². The van der Waals surface area contributed by atoms with Crippen molar-refractivity contribution in [2.45, 2.75) is 13.3 Å². The van der Waals surface area contributed by atoms with Crippen LogP contribution < -0.4 is 5.32 Å². The molecule has 0 aliphatic carbocycles. The molecule has 1 amide bonds. The summed E-state index contributed by atoms with van der Waals surface area (Å²) in [5, 5.41) is 3.17. The van der Waals surface area contributed by atoms with Gasteiger partial charge < -0.3 is 19.7 Å². The van der Waals surface area contributed by atoms with Gasteiger partial charge >= 0.3 is 0 Å². The Kier molecular flexibility index (Phi) is 8.38. The van der Waals surface area contributed by atoms with E-state index in [1.165, 1.54) is 0 Å². The molecule has 0 saturated heterocycles. The normalized spacial score (nSPS) is 10.4. The maximum absolute atomic E-state index is 12.7. The van der Waals surface area contributed by atoms with Crippen LogP contribution in [0.25, 0.3) is 0 Å². The van der Waals surface area contributed by atoms with Crippen LogP contribution in [0.5, 0.6) is 0 Å². The van der Waals surface area contributed by atoms with Crippen LogP contribution >= 0.6 is 0 Å². The number of pyridine rings is 1. The molecule has 6 heteroatoms. The number of nitrogens with zero attached hydrogens (tertiary/aromatic N) is 2. The molecule has 0 aliphatic heterocycles. The van der Waals surface area contributed by atoms with Crippen molar-refractivity contribution in [3.05, 3.63) is 24.0 Å². The Labute approximate surface area is 126 Å². The number of methoxy groups -OCH3 is 2. The van der Waals surface area contributed by atoms with E-state index in [4.69, 9.17) is 9.47 Å². The third-order valence-corrected chi connectivity index (χ3v) is 3.05. The molecule has 1 heterocycles. The van der Waals surface area contributed by atoms with Gasteiger partial charge in [-0.25, -0.2) is 0 Å². The SMILES string of the molecule is CCNc1cnccc1C(=O)N(CCCOC)CCOC. The second kappa shape index (κ2) is 10.1. The Morgan fingerprint density at radius 2 is 2.05 bits per heavy atom. The molecule has 6 nitrogen and oxygen atoms in total. The number of ether oxygens (including phenoxy) is 2. The zero-order valence-corrected chi connectivity index (χ0v) is 13.1. The van der Waals surface area contributed by atoms with E-state index in [-0.39, 0.29) is 5.91 Å². The Morgan fingerprint density at radius 3 is 2.71 bits per heavy atom. The lowest BCUT2D eigenvalue weighted by molar-refractivity contribution is 0.0675. The standard InChI is InChI=1S/C15H25N3O3/c1-4-17-14-12-16-7-6-13(14)15(19)18(9-11-21-3)8-5-10-20-2/h6-7,12,17H,4-5,8-11H2,1-3H3. The summed E-state index contributed by atoms with van der Waals surface area (Å²) in [5.41, 5.74) is 1.40. The minimum absolute atomic E-state index is 0.0125. The summed E-state index contributed by atoms with van der Waals surface area (Å²) in [6, 6.07) is 1.75. The van der Waals surface area contributed by atoms with Crippen LogP contribution in [0.1, 0.15) is 23.7 Å². The van der Waals surface area contributed by atoms with Crippen LogP contribution in [0.2, 0.25) is 0 Å². The molecule has 0 atom stereocenters. The van der Waals surface area contributed by atoms with Crippen molar-refractivity contribution in [2.75, 3.05) is 52.4 Å². The first-order valence-corrected chi connectivity index (χ1v) is 7.19. The van der Waals surface area contributed by atoms with E-state index in [1.807, 2.05) is 6.92 Å². The topological polar surface area (TPSA) is 63.7 Å². The average Bonchev–Trinajstić information content (AvgIpc) is 2.51. The van der Waals surface area contributed by atoms with Crippen molar-refractivity contribution >= 4 is 11.6 Å². The van der Waals surface area contributed by atoms with Gasteiger partial charge in [0.1, 0.15) is 0 Å².